The number of hydrogen-bond donors (Lipinski definition) is 1. The maximum absolute atomic E-state index is 13.3. The number of ether oxygens (including phenoxy) is 1. The van der Waals surface area contributed by atoms with E-state index in [4.69, 9.17) is 4.74 Å². The Kier molecular flexibility index (Phi) is 5.95. The van der Waals surface area contributed by atoms with Crippen molar-refractivity contribution in [2.45, 2.75) is 44.6 Å². The molecule has 0 saturated carbocycles. The van der Waals surface area contributed by atoms with Gasteiger partial charge >= 0.3 is 12.0 Å². The third-order valence-electron chi connectivity index (χ3n) is 5.14. The van der Waals surface area contributed by atoms with E-state index in [1.54, 1.807) is 26.0 Å². The summed E-state index contributed by atoms with van der Waals surface area (Å²) in [6, 6.07) is 2.08. The van der Waals surface area contributed by atoms with Gasteiger partial charge in [0.25, 0.3) is 5.91 Å². The molecule has 2 heterocycles. The minimum Gasteiger partial charge on any atom is -0.454 e. The van der Waals surface area contributed by atoms with Crippen LogP contribution in [0.15, 0.2) is 17.0 Å². The van der Waals surface area contributed by atoms with Gasteiger partial charge in [0.05, 0.1) is 4.90 Å². The summed E-state index contributed by atoms with van der Waals surface area (Å²) in [5.41, 5.74) is 2.20. The van der Waals surface area contributed by atoms with E-state index < -0.39 is 40.6 Å². The van der Waals surface area contributed by atoms with Crippen LogP contribution in [-0.2, 0) is 24.3 Å². The van der Waals surface area contributed by atoms with Gasteiger partial charge in [0.1, 0.15) is 6.04 Å². The van der Waals surface area contributed by atoms with Crippen molar-refractivity contribution in [1.29, 1.82) is 0 Å². The molecule has 1 aromatic carbocycles. The number of urea groups is 1. The Balaban J connectivity index is 1.74. The van der Waals surface area contributed by atoms with Crippen molar-refractivity contribution in [3.63, 3.8) is 0 Å². The third kappa shape index (κ3) is 4.13. The van der Waals surface area contributed by atoms with Gasteiger partial charge in [0.2, 0.25) is 10.0 Å². The highest BCUT2D eigenvalue weighted by molar-refractivity contribution is 7.89. The number of carbonyl (C=O) groups excluding carboxylic acids is 3. The molecule has 10 heteroatoms. The molecule has 0 aromatic heterocycles. The number of carbonyl (C=O) groups is 3. The largest absolute Gasteiger partial charge is 0.454 e. The van der Waals surface area contributed by atoms with Crippen LogP contribution in [0, 0.1) is 20.8 Å². The molecule has 29 heavy (non-hydrogen) atoms. The lowest BCUT2D eigenvalue weighted by atomic mass is 10.1. The number of nitrogens with one attached hydrogen (secondary N) is 1. The Morgan fingerprint density at radius 2 is 1.83 bits per heavy atom. The second kappa shape index (κ2) is 8.11. The fraction of sp³-hybridized carbons (Fsp3) is 0.526. The van der Waals surface area contributed by atoms with Gasteiger partial charge in [-0.15, -0.1) is 0 Å². The molecule has 9 nitrogen and oxygen atoms in total. The van der Waals surface area contributed by atoms with Crippen LogP contribution in [0.2, 0.25) is 0 Å². The quantitative estimate of drug-likeness (QED) is 0.703. The van der Waals surface area contributed by atoms with Gasteiger partial charge in [-0.25, -0.2) is 13.2 Å². The first-order chi connectivity index (χ1) is 13.6. The van der Waals surface area contributed by atoms with Crippen molar-refractivity contribution in [2.75, 3.05) is 26.2 Å². The van der Waals surface area contributed by atoms with Crippen LogP contribution in [0.1, 0.15) is 29.5 Å². The molecule has 1 aromatic rings. The highest BCUT2D eigenvalue weighted by atomic mass is 32.2. The van der Waals surface area contributed by atoms with Crippen LogP contribution in [0.5, 0.6) is 0 Å². The number of esters is 1. The number of hydrogen-bond acceptors (Lipinski definition) is 6. The zero-order valence-electron chi connectivity index (χ0n) is 16.7. The molecule has 0 radical (unpaired) electrons. The molecule has 3 amide bonds. The molecule has 2 fully saturated rings. The summed E-state index contributed by atoms with van der Waals surface area (Å²) in [7, 11) is -3.90. The van der Waals surface area contributed by atoms with E-state index in [0.717, 1.165) is 14.8 Å². The van der Waals surface area contributed by atoms with E-state index in [1.807, 2.05) is 6.92 Å². The van der Waals surface area contributed by atoms with Gasteiger partial charge in [-0.3, -0.25) is 14.5 Å². The maximum atomic E-state index is 13.3. The lowest BCUT2D eigenvalue weighted by Gasteiger charge is -2.25. The minimum atomic E-state index is -3.90. The summed E-state index contributed by atoms with van der Waals surface area (Å²) >= 11 is 0. The lowest BCUT2D eigenvalue weighted by molar-refractivity contribution is -0.153. The van der Waals surface area contributed by atoms with Crippen LogP contribution in [0.3, 0.4) is 0 Å². The van der Waals surface area contributed by atoms with Gasteiger partial charge in [0.15, 0.2) is 6.61 Å². The summed E-state index contributed by atoms with van der Waals surface area (Å²) in [5.74, 6) is -1.41. The summed E-state index contributed by atoms with van der Waals surface area (Å²) < 4.78 is 32.8. The summed E-state index contributed by atoms with van der Waals surface area (Å²) in [5, 5.41) is 2.49. The lowest BCUT2D eigenvalue weighted by Crippen LogP contribution is -2.43. The highest BCUT2D eigenvalue weighted by Gasteiger charge is 2.42. The summed E-state index contributed by atoms with van der Waals surface area (Å²) in [4.78, 5) is 37.3. The van der Waals surface area contributed by atoms with E-state index in [1.165, 1.54) is 0 Å². The van der Waals surface area contributed by atoms with E-state index in [0.29, 0.717) is 30.5 Å². The van der Waals surface area contributed by atoms with Gasteiger partial charge in [0, 0.05) is 19.6 Å². The highest BCUT2D eigenvalue weighted by Crippen LogP contribution is 2.31. The molecule has 3 rings (SSSR count). The fourth-order valence-electron chi connectivity index (χ4n) is 3.97. The Hall–Kier alpha value is -2.46. The molecule has 2 aliphatic heterocycles. The van der Waals surface area contributed by atoms with Gasteiger partial charge in [-0.2, -0.15) is 4.31 Å². The number of rotatable bonds is 5. The molecule has 2 saturated heterocycles. The first-order valence-corrected chi connectivity index (χ1v) is 10.9. The molecular weight excluding hydrogens is 398 g/mol. The van der Waals surface area contributed by atoms with E-state index in [-0.39, 0.29) is 18.0 Å². The molecule has 0 spiro atoms. The Morgan fingerprint density at radius 1 is 1.17 bits per heavy atom. The van der Waals surface area contributed by atoms with E-state index in [2.05, 4.69) is 5.32 Å². The standard InChI is InChI=1S/C19H25N3O6S/c1-12-9-13(2)17(14(3)10-12)29(26,27)22-7-4-5-15(22)18(24)28-11-16(23)21-8-6-20-19(21)25/h9-10,15H,4-8,11H2,1-3H3,(H,20,25). The molecule has 1 N–H and O–H groups in total. The number of imide groups is 1. The van der Waals surface area contributed by atoms with Gasteiger partial charge in [-0.05, 0) is 44.7 Å². The molecule has 2 aliphatic rings. The first kappa shape index (κ1) is 21.3. The van der Waals surface area contributed by atoms with Gasteiger partial charge < -0.3 is 10.1 Å². The van der Waals surface area contributed by atoms with Crippen molar-refractivity contribution in [2.24, 2.45) is 0 Å². The Morgan fingerprint density at radius 3 is 2.41 bits per heavy atom. The van der Waals surface area contributed by atoms with Crippen molar-refractivity contribution in [3.05, 3.63) is 28.8 Å². The molecule has 0 aliphatic carbocycles. The molecular formula is C19H25N3O6S. The zero-order valence-corrected chi connectivity index (χ0v) is 17.5. The monoisotopic (exact) mass is 423 g/mol. The van der Waals surface area contributed by atoms with Crippen LogP contribution < -0.4 is 5.32 Å². The minimum absolute atomic E-state index is 0.201. The van der Waals surface area contributed by atoms with Crippen molar-refractivity contribution in [1.82, 2.24) is 14.5 Å². The van der Waals surface area contributed by atoms with E-state index in [9.17, 15) is 22.8 Å². The van der Waals surface area contributed by atoms with Crippen LogP contribution in [0.4, 0.5) is 4.79 Å². The molecule has 1 atom stereocenters. The van der Waals surface area contributed by atoms with Crippen molar-refractivity contribution in [3.8, 4) is 0 Å². The summed E-state index contributed by atoms with van der Waals surface area (Å²) in [6.45, 7) is 5.53. The van der Waals surface area contributed by atoms with Crippen molar-refractivity contribution >= 4 is 27.9 Å². The third-order valence-corrected chi connectivity index (χ3v) is 7.36. The van der Waals surface area contributed by atoms with E-state index >= 15 is 0 Å². The average molecular weight is 423 g/mol. The Bertz CT molecular complexity index is 936. The molecule has 0 bridgehead atoms. The number of amides is 3. The number of aryl methyl sites for hydroxylation is 3. The topological polar surface area (TPSA) is 113 Å². The van der Waals surface area contributed by atoms with Gasteiger partial charge in [-0.1, -0.05) is 17.7 Å². The predicted molar refractivity (Wildman–Crippen MR) is 104 cm³/mol. The van der Waals surface area contributed by atoms with Crippen LogP contribution in [0.25, 0.3) is 0 Å². The van der Waals surface area contributed by atoms with Crippen LogP contribution in [-0.4, -0.2) is 67.8 Å². The smallest absolute Gasteiger partial charge is 0.324 e. The second-order valence-electron chi connectivity index (χ2n) is 7.39. The summed E-state index contributed by atoms with van der Waals surface area (Å²) in [6.07, 6.45) is 0.839. The first-order valence-electron chi connectivity index (χ1n) is 9.47. The maximum Gasteiger partial charge on any atom is 0.324 e. The predicted octanol–water partition coefficient (Wildman–Crippen LogP) is 0.860. The zero-order chi connectivity index (χ0) is 21.3. The second-order valence-corrected chi connectivity index (χ2v) is 9.21. The average Bonchev–Trinajstić information content (AvgIpc) is 3.27. The normalized spacial score (nSPS) is 20.0. The fourth-order valence-corrected chi connectivity index (χ4v) is 6.03. The molecule has 158 valence electrons. The molecule has 1 unspecified atom stereocenters. The number of sulfonamides is 1. The number of benzene rings is 1. The van der Waals surface area contributed by atoms with Crippen LogP contribution >= 0.6 is 0 Å². The SMILES string of the molecule is Cc1cc(C)c(S(=O)(=O)N2CCCC2C(=O)OCC(=O)N2CCNC2=O)c(C)c1. The Labute approximate surface area is 170 Å². The number of nitrogens with zero attached hydrogens (tertiary/aromatic N) is 2. The van der Waals surface area contributed by atoms with Crippen molar-refractivity contribution < 1.29 is 27.5 Å².